The predicted molar refractivity (Wildman–Crippen MR) is 58.3 cm³/mol. The van der Waals surface area contributed by atoms with E-state index in [0.29, 0.717) is 19.5 Å². The summed E-state index contributed by atoms with van der Waals surface area (Å²) in [7, 11) is 3.07. The maximum Gasteiger partial charge on any atom is 0.220 e. The Morgan fingerprint density at radius 1 is 1.40 bits per heavy atom. The molecular weight excluding hydrogens is 196 g/mol. The first-order valence-corrected chi connectivity index (χ1v) is 5.20. The van der Waals surface area contributed by atoms with Crippen molar-refractivity contribution in [1.29, 1.82) is 0 Å². The molecule has 0 aromatic carbocycles. The van der Waals surface area contributed by atoms with Crippen molar-refractivity contribution >= 4 is 5.91 Å². The van der Waals surface area contributed by atoms with Crippen molar-refractivity contribution < 1.29 is 14.3 Å². The van der Waals surface area contributed by atoms with E-state index in [9.17, 15) is 4.79 Å². The maximum absolute atomic E-state index is 11.4. The van der Waals surface area contributed by atoms with Crippen LogP contribution in [0.5, 0.6) is 0 Å². The molecule has 0 fully saturated rings. The number of nitrogens with one attached hydrogen (secondary N) is 1. The van der Waals surface area contributed by atoms with E-state index in [1.807, 2.05) is 6.92 Å². The predicted octanol–water partition coefficient (Wildman–Crippen LogP) is 0.0965. The van der Waals surface area contributed by atoms with E-state index in [1.54, 1.807) is 0 Å². The molecule has 5 heteroatoms. The van der Waals surface area contributed by atoms with Gasteiger partial charge in [-0.15, -0.1) is 0 Å². The summed E-state index contributed by atoms with van der Waals surface area (Å²) >= 11 is 0. The maximum atomic E-state index is 11.4. The van der Waals surface area contributed by atoms with Gasteiger partial charge in [-0.1, -0.05) is 13.3 Å². The number of ether oxygens (including phenoxy) is 2. The number of hydrogen-bond donors (Lipinski definition) is 2. The van der Waals surface area contributed by atoms with Crippen LogP contribution >= 0.6 is 0 Å². The molecule has 1 atom stereocenters. The molecule has 0 aliphatic heterocycles. The highest BCUT2D eigenvalue weighted by atomic mass is 16.7. The van der Waals surface area contributed by atoms with Gasteiger partial charge in [0.15, 0.2) is 6.29 Å². The minimum Gasteiger partial charge on any atom is -0.354 e. The van der Waals surface area contributed by atoms with E-state index in [2.05, 4.69) is 5.32 Å². The molecule has 0 rings (SSSR count). The number of amides is 1. The average Bonchev–Trinajstić information content (AvgIpc) is 2.27. The molecule has 1 amide bonds. The molecule has 0 saturated carbocycles. The molecule has 90 valence electrons. The van der Waals surface area contributed by atoms with Gasteiger partial charge in [-0.25, -0.2) is 0 Å². The first-order chi connectivity index (χ1) is 7.17. The van der Waals surface area contributed by atoms with Gasteiger partial charge >= 0.3 is 0 Å². The van der Waals surface area contributed by atoms with E-state index in [1.165, 1.54) is 14.2 Å². The first-order valence-electron chi connectivity index (χ1n) is 5.20. The van der Waals surface area contributed by atoms with Gasteiger partial charge in [0.25, 0.3) is 0 Å². The highest BCUT2D eigenvalue weighted by molar-refractivity contribution is 5.76. The number of hydrogen-bond acceptors (Lipinski definition) is 4. The Balaban J connectivity index is 3.73. The molecule has 3 N–H and O–H groups in total. The van der Waals surface area contributed by atoms with Gasteiger partial charge in [-0.2, -0.15) is 0 Å². The number of rotatable bonds is 8. The molecule has 0 spiro atoms. The Morgan fingerprint density at radius 2 is 2.00 bits per heavy atom. The van der Waals surface area contributed by atoms with Crippen molar-refractivity contribution in [3.63, 3.8) is 0 Å². The highest BCUT2D eigenvalue weighted by Crippen LogP contribution is 2.05. The van der Waals surface area contributed by atoms with Crippen molar-refractivity contribution in [3.05, 3.63) is 0 Å². The molecule has 0 aliphatic carbocycles. The van der Waals surface area contributed by atoms with Crippen LogP contribution in [0.2, 0.25) is 0 Å². The lowest BCUT2D eigenvalue weighted by Gasteiger charge is -2.16. The minimum absolute atomic E-state index is 0.00796. The molecular formula is C10H22N2O3. The second kappa shape index (κ2) is 8.64. The Hall–Kier alpha value is -0.650. The van der Waals surface area contributed by atoms with E-state index < -0.39 is 0 Å². The van der Waals surface area contributed by atoms with Crippen LogP contribution in [-0.4, -0.2) is 39.5 Å². The van der Waals surface area contributed by atoms with Crippen LogP contribution in [0.15, 0.2) is 0 Å². The quantitative estimate of drug-likeness (QED) is 0.567. The lowest BCUT2D eigenvalue weighted by atomic mass is 10.0. The monoisotopic (exact) mass is 218 g/mol. The van der Waals surface area contributed by atoms with Crippen LogP contribution in [0, 0.1) is 5.92 Å². The Morgan fingerprint density at radius 3 is 2.40 bits per heavy atom. The van der Waals surface area contributed by atoms with Crippen LogP contribution in [0.4, 0.5) is 0 Å². The van der Waals surface area contributed by atoms with Gasteiger partial charge in [0, 0.05) is 20.6 Å². The average molecular weight is 218 g/mol. The number of methoxy groups -OCH3 is 2. The summed E-state index contributed by atoms with van der Waals surface area (Å²) in [6.45, 7) is 2.94. The zero-order valence-electron chi connectivity index (χ0n) is 9.79. The Labute approximate surface area is 91.3 Å². The van der Waals surface area contributed by atoms with E-state index in [4.69, 9.17) is 15.2 Å². The normalized spacial score (nSPS) is 12.9. The third-order valence-electron chi connectivity index (χ3n) is 2.38. The topological polar surface area (TPSA) is 73.6 Å². The van der Waals surface area contributed by atoms with E-state index >= 15 is 0 Å². The van der Waals surface area contributed by atoms with Crippen molar-refractivity contribution in [3.8, 4) is 0 Å². The fraction of sp³-hybridized carbons (Fsp3) is 0.900. The summed E-state index contributed by atoms with van der Waals surface area (Å²) in [4.78, 5) is 11.4. The fourth-order valence-corrected chi connectivity index (χ4v) is 1.19. The van der Waals surface area contributed by atoms with Gasteiger partial charge in [0.05, 0.1) is 6.54 Å². The van der Waals surface area contributed by atoms with Gasteiger partial charge in [-0.05, 0) is 12.5 Å². The summed E-state index contributed by atoms with van der Waals surface area (Å²) in [5.74, 6) is 0.250. The van der Waals surface area contributed by atoms with Crippen molar-refractivity contribution in [2.75, 3.05) is 27.3 Å². The van der Waals surface area contributed by atoms with E-state index in [-0.39, 0.29) is 18.1 Å². The number of carbonyl (C=O) groups excluding carboxylic acids is 1. The van der Waals surface area contributed by atoms with Crippen molar-refractivity contribution in [1.82, 2.24) is 5.32 Å². The highest BCUT2D eigenvalue weighted by Gasteiger charge is 2.12. The third-order valence-corrected chi connectivity index (χ3v) is 2.38. The molecule has 1 unspecified atom stereocenters. The lowest BCUT2D eigenvalue weighted by Crippen LogP contribution is -2.35. The Kier molecular flexibility index (Phi) is 8.27. The summed E-state index contributed by atoms with van der Waals surface area (Å²) in [5, 5.41) is 2.74. The molecule has 5 nitrogen and oxygen atoms in total. The van der Waals surface area contributed by atoms with Crippen molar-refractivity contribution in [2.24, 2.45) is 11.7 Å². The number of nitrogens with two attached hydrogens (primary N) is 1. The first kappa shape index (κ1) is 14.3. The summed E-state index contributed by atoms with van der Waals surface area (Å²) < 4.78 is 9.89. The van der Waals surface area contributed by atoms with Crippen LogP contribution in [0.1, 0.15) is 19.8 Å². The van der Waals surface area contributed by atoms with Crippen LogP contribution < -0.4 is 11.1 Å². The zero-order valence-corrected chi connectivity index (χ0v) is 9.79. The van der Waals surface area contributed by atoms with Gasteiger partial charge in [-0.3, -0.25) is 4.79 Å². The second-order valence-electron chi connectivity index (χ2n) is 3.42. The van der Waals surface area contributed by atoms with Gasteiger partial charge < -0.3 is 20.5 Å². The molecule has 0 heterocycles. The van der Waals surface area contributed by atoms with Crippen molar-refractivity contribution in [2.45, 2.75) is 26.1 Å². The molecule has 0 aromatic rings. The van der Waals surface area contributed by atoms with Gasteiger partial charge in [0.2, 0.25) is 5.91 Å². The molecule has 0 radical (unpaired) electrons. The minimum atomic E-state index is -0.382. The van der Waals surface area contributed by atoms with E-state index in [0.717, 1.165) is 6.42 Å². The SMILES string of the molecule is CCC(CN)CC(=O)NCC(OC)OC. The standard InChI is InChI=1S/C10H22N2O3/c1-4-8(6-11)5-9(13)12-7-10(14-2)15-3/h8,10H,4-7,11H2,1-3H3,(H,12,13). The molecule has 15 heavy (non-hydrogen) atoms. The van der Waals surface area contributed by atoms with Gasteiger partial charge in [0.1, 0.15) is 0 Å². The Bertz CT molecular complexity index is 168. The van der Waals surface area contributed by atoms with Crippen LogP contribution in [0.3, 0.4) is 0 Å². The molecule has 0 saturated heterocycles. The molecule has 0 aliphatic rings. The lowest BCUT2D eigenvalue weighted by molar-refractivity contribution is -0.128. The van der Waals surface area contributed by atoms with Crippen LogP contribution in [-0.2, 0) is 14.3 Å². The largest absolute Gasteiger partial charge is 0.354 e. The summed E-state index contributed by atoms with van der Waals surface area (Å²) in [5.41, 5.74) is 5.51. The summed E-state index contributed by atoms with van der Waals surface area (Å²) in [6, 6.07) is 0. The second-order valence-corrected chi connectivity index (χ2v) is 3.42. The zero-order chi connectivity index (χ0) is 11.7. The smallest absolute Gasteiger partial charge is 0.220 e. The summed E-state index contributed by atoms with van der Waals surface area (Å²) in [6.07, 6.45) is 1.00. The number of carbonyl (C=O) groups is 1. The third kappa shape index (κ3) is 6.43. The fourth-order valence-electron chi connectivity index (χ4n) is 1.19. The molecule has 0 aromatic heterocycles. The molecule has 0 bridgehead atoms. The van der Waals surface area contributed by atoms with Crippen LogP contribution in [0.25, 0.3) is 0 Å².